The molecule has 0 aromatic heterocycles. The second-order valence-corrected chi connectivity index (χ2v) is 6.41. The van der Waals surface area contributed by atoms with E-state index in [0.29, 0.717) is 32.1 Å². The largest absolute Gasteiger partial charge is 0.378 e. The van der Waals surface area contributed by atoms with Gasteiger partial charge in [0, 0.05) is 30.7 Å². The second kappa shape index (κ2) is 8.19. The van der Waals surface area contributed by atoms with E-state index >= 15 is 0 Å². The highest BCUT2D eigenvalue weighted by atomic mass is 32.2. The minimum atomic E-state index is -0.498. The first kappa shape index (κ1) is 16.8. The molecule has 1 fully saturated rings. The van der Waals surface area contributed by atoms with Crippen molar-refractivity contribution in [1.82, 2.24) is 10.2 Å². The number of amides is 2. The van der Waals surface area contributed by atoms with Crippen molar-refractivity contribution in [3.8, 4) is 0 Å². The lowest BCUT2D eigenvalue weighted by Crippen LogP contribution is -2.52. The molecule has 120 valence electrons. The Hall–Kier alpha value is -1.53. The van der Waals surface area contributed by atoms with Gasteiger partial charge in [-0.3, -0.25) is 9.59 Å². The SMILES string of the molecule is CC(=O)NC(CSc1ccc(C)cc1)C(=O)N1CCOCC1. The molecule has 5 nitrogen and oxygen atoms in total. The van der Waals surface area contributed by atoms with Crippen LogP contribution in [0.4, 0.5) is 0 Å². The fourth-order valence-electron chi connectivity index (χ4n) is 2.24. The smallest absolute Gasteiger partial charge is 0.246 e. The van der Waals surface area contributed by atoms with Gasteiger partial charge in [-0.05, 0) is 19.1 Å². The van der Waals surface area contributed by atoms with Crippen molar-refractivity contribution < 1.29 is 14.3 Å². The summed E-state index contributed by atoms with van der Waals surface area (Å²) in [6.45, 7) is 5.77. The van der Waals surface area contributed by atoms with Crippen molar-refractivity contribution in [3.05, 3.63) is 29.8 Å². The number of thioether (sulfide) groups is 1. The van der Waals surface area contributed by atoms with E-state index < -0.39 is 6.04 Å². The molecule has 1 aromatic rings. The van der Waals surface area contributed by atoms with Gasteiger partial charge in [0.1, 0.15) is 6.04 Å². The standard InChI is InChI=1S/C16H22N2O3S/c1-12-3-5-14(6-4-12)22-11-15(17-13(2)19)16(20)18-7-9-21-10-8-18/h3-6,15H,7-11H2,1-2H3,(H,17,19). The third-order valence-electron chi connectivity index (χ3n) is 3.44. The summed E-state index contributed by atoms with van der Waals surface area (Å²) in [6, 6.07) is 7.65. The Morgan fingerprint density at radius 2 is 1.91 bits per heavy atom. The fraction of sp³-hybridized carbons (Fsp3) is 0.500. The molecule has 0 aliphatic carbocycles. The van der Waals surface area contributed by atoms with Gasteiger partial charge in [-0.25, -0.2) is 0 Å². The van der Waals surface area contributed by atoms with Gasteiger partial charge in [0.15, 0.2) is 0 Å². The van der Waals surface area contributed by atoms with Gasteiger partial charge in [0.25, 0.3) is 0 Å². The molecule has 0 bridgehead atoms. The lowest BCUT2D eigenvalue weighted by Gasteiger charge is -2.30. The Balaban J connectivity index is 1.97. The zero-order chi connectivity index (χ0) is 15.9. The van der Waals surface area contributed by atoms with Crippen molar-refractivity contribution in [2.75, 3.05) is 32.1 Å². The molecular weight excluding hydrogens is 300 g/mol. The normalized spacial score (nSPS) is 16.2. The van der Waals surface area contributed by atoms with Gasteiger partial charge >= 0.3 is 0 Å². The predicted molar refractivity (Wildman–Crippen MR) is 86.9 cm³/mol. The molecule has 1 aliphatic rings. The predicted octanol–water partition coefficient (Wildman–Crippen LogP) is 1.45. The maximum Gasteiger partial charge on any atom is 0.246 e. The average molecular weight is 322 g/mol. The molecular formula is C16H22N2O3S. The lowest BCUT2D eigenvalue weighted by molar-refractivity contribution is -0.138. The molecule has 6 heteroatoms. The summed E-state index contributed by atoms with van der Waals surface area (Å²) >= 11 is 1.58. The highest BCUT2D eigenvalue weighted by Gasteiger charge is 2.26. The second-order valence-electron chi connectivity index (χ2n) is 5.31. The third kappa shape index (κ3) is 5.03. The van der Waals surface area contributed by atoms with Gasteiger partial charge in [-0.1, -0.05) is 17.7 Å². The van der Waals surface area contributed by atoms with Gasteiger partial charge in [0.05, 0.1) is 13.2 Å². The zero-order valence-corrected chi connectivity index (χ0v) is 13.8. The molecule has 1 atom stereocenters. The number of nitrogens with zero attached hydrogens (tertiary/aromatic N) is 1. The minimum absolute atomic E-state index is 0.0295. The van der Waals surface area contributed by atoms with Crippen LogP contribution in [0.3, 0.4) is 0 Å². The summed E-state index contributed by atoms with van der Waals surface area (Å²) < 4.78 is 5.26. The molecule has 0 saturated carbocycles. The molecule has 1 saturated heterocycles. The number of aryl methyl sites for hydroxylation is 1. The van der Waals surface area contributed by atoms with E-state index in [-0.39, 0.29) is 11.8 Å². The highest BCUT2D eigenvalue weighted by molar-refractivity contribution is 7.99. The van der Waals surface area contributed by atoms with Crippen LogP contribution in [0.2, 0.25) is 0 Å². The molecule has 22 heavy (non-hydrogen) atoms. The zero-order valence-electron chi connectivity index (χ0n) is 13.0. The summed E-state index contributed by atoms with van der Waals surface area (Å²) in [7, 11) is 0. The monoisotopic (exact) mass is 322 g/mol. The molecule has 1 heterocycles. The number of morpholine rings is 1. The van der Waals surface area contributed by atoms with Crippen LogP contribution in [0, 0.1) is 6.92 Å². The fourth-order valence-corrected chi connectivity index (χ4v) is 3.15. The topological polar surface area (TPSA) is 58.6 Å². The molecule has 2 amide bonds. The van der Waals surface area contributed by atoms with Crippen molar-refractivity contribution >= 4 is 23.6 Å². The Morgan fingerprint density at radius 1 is 1.27 bits per heavy atom. The molecule has 0 spiro atoms. The van der Waals surface area contributed by atoms with Gasteiger partial charge in [-0.15, -0.1) is 11.8 Å². The number of benzene rings is 1. The van der Waals surface area contributed by atoms with E-state index in [1.807, 2.05) is 31.2 Å². The van der Waals surface area contributed by atoms with Crippen LogP contribution in [-0.2, 0) is 14.3 Å². The van der Waals surface area contributed by atoms with E-state index in [1.54, 1.807) is 16.7 Å². The number of carbonyl (C=O) groups is 2. The number of hydrogen-bond donors (Lipinski definition) is 1. The first-order chi connectivity index (χ1) is 10.6. The van der Waals surface area contributed by atoms with Crippen LogP contribution < -0.4 is 5.32 Å². The first-order valence-electron chi connectivity index (χ1n) is 7.39. The van der Waals surface area contributed by atoms with E-state index in [9.17, 15) is 9.59 Å². The van der Waals surface area contributed by atoms with E-state index in [1.165, 1.54) is 12.5 Å². The summed E-state index contributed by atoms with van der Waals surface area (Å²) in [5.74, 6) is 0.313. The molecule has 1 N–H and O–H groups in total. The number of nitrogens with one attached hydrogen (secondary N) is 1. The maximum absolute atomic E-state index is 12.6. The Bertz CT molecular complexity index is 513. The van der Waals surface area contributed by atoms with Crippen molar-refractivity contribution in [3.63, 3.8) is 0 Å². The van der Waals surface area contributed by atoms with E-state index in [0.717, 1.165) is 4.90 Å². The van der Waals surface area contributed by atoms with Crippen molar-refractivity contribution in [2.45, 2.75) is 24.8 Å². The minimum Gasteiger partial charge on any atom is -0.378 e. The Kier molecular flexibility index (Phi) is 6.27. The van der Waals surface area contributed by atoms with Crippen LogP contribution in [0.1, 0.15) is 12.5 Å². The number of ether oxygens (including phenoxy) is 1. The van der Waals surface area contributed by atoms with Gasteiger partial charge < -0.3 is 15.0 Å². The number of rotatable bonds is 5. The van der Waals surface area contributed by atoms with Crippen LogP contribution in [-0.4, -0.2) is 54.8 Å². The van der Waals surface area contributed by atoms with E-state index in [2.05, 4.69) is 5.32 Å². The summed E-state index contributed by atoms with van der Waals surface area (Å²) in [4.78, 5) is 26.8. The molecule has 2 rings (SSSR count). The summed E-state index contributed by atoms with van der Waals surface area (Å²) in [5.41, 5.74) is 1.20. The number of carbonyl (C=O) groups excluding carboxylic acids is 2. The molecule has 1 unspecified atom stereocenters. The molecule has 1 aromatic carbocycles. The van der Waals surface area contributed by atoms with Crippen LogP contribution in [0.25, 0.3) is 0 Å². The van der Waals surface area contributed by atoms with E-state index in [4.69, 9.17) is 4.74 Å². The Morgan fingerprint density at radius 3 is 2.50 bits per heavy atom. The highest BCUT2D eigenvalue weighted by Crippen LogP contribution is 2.20. The van der Waals surface area contributed by atoms with Crippen LogP contribution in [0.5, 0.6) is 0 Å². The average Bonchev–Trinajstić information content (AvgIpc) is 2.53. The van der Waals surface area contributed by atoms with Crippen LogP contribution in [0.15, 0.2) is 29.2 Å². The van der Waals surface area contributed by atoms with Crippen molar-refractivity contribution in [1.29, 1.82) is 0 Å². The Labute approximate surface area is 135 Å². The third-order valence-corrected chi connectivity index (χ3v) is 4.54. The van der Waals surface area contributed by atoms with Crippen molar-refractivity contribution in [2.24, 2.45) is 0 Å². The molecule has 0 radical (unpaired) electrons. The van der Waals surface area contributed by atoms with Gasteiger partial charge in [0.2, 0.25) is 11.8 Å². The van der Waals surface area contributed by atoms with Crippen LogP contribution >= 0.6 is 11.8 Å². The lowest BCUT2D eigenvalue weighted by atomic mass is 10.2. The quantitative estimate of drug-likeness (QED) is 0.834. The number of hydrogen-bond acceptors (Lipinski definition) is 4. The van der Waals surface area contributed by atoms with Gasteiger partial charge in [-0.2, -0.15) is 0 Å². The maximum atomic E-state index is 12.6. The summed E-state index contributed by atoms with van der Waals surface area (Å²) in [6.07, 6.45) is 0. The first-order valence-corrected chi connectivity index (χ1v) is 8.38. The molecule has 1 aliphatic heterocycles. The summed E-state index contributed by atoms with van der Waals surface area (Å²) in [5, 5.41) is 2.77.